The quantitative estimate of drug-likeness (QED) is 0.635. The third kappa shape index (κ3) is 2.74. The van der Waals surface area contributed by atoms with Crippen molar-refractivity contribution < 1.29 is 9.47 Å². The standard InChI is InChI=1S/C8H9Br2NO2/c1-12-8(13-2)5-3-4-6(9)11-7(5)10/h3-4,8H,1-2H3. The molecule has 0 saturated heterocycles. The van der Waals surface area contributed by atoms with Crippen LogP contribution in [-0.2, 0) is 9.47 Å². The van der Waals surface area contributed by atoms with Gasteiger partial charge >= 0.3 is 0 Å². The molecule has 0 amide bonds. The fourth-order valence-electron chi connectivity index (χ4n) is 0.949. The minimum Gasteiger partial charge on any atom is -0.352 e. The van der Waals surface area contributed by atoms with Gasteiger partial charge in [0.1, 0.15) is 9.21 Å². The maximum absolute atomic E-state index is 5.10. The SMILES string of the molecule is COC(OC)c1ccc(Br)nc1Br. The second-order valence-corrected chi connectivity index (χ2v) is 3.88. The average Bonchev–Trinajstić information content (AvgIpc) is 2.10. The molecule has 1 rings (SSSR count). The van der Waals surface area contributed by atoms with E-state index in [2.05, 4.69) is 36.8 Å². The van der Waals surface area contributed by atoms with Crippen molar-refractivity contribution in [1.29, 1.82) is 0 Å². The van der Waals surface area contributed by atoms with Crippen LogP contribution in [0, 0.1) is 0 Å². The molecule has 72 valence electrons. The molecule has 0 spiro atoms. The van der Waals surface area contributed by atoms with Crippen molar-refractivity contribution in [2.75, 3.05) is 14.2 Å². The summed E-state index contributed by atoms with van der Waals surface area (Å²) in [5, 5.41) is 0. The van der Waals surface area contributed by atoms with Crippen LogP contribution in [-0.4, -0.2) is 19.2 Å². The van der Waals surface area contributed by atoms with Gasteiger partial charge in [0.2, 0.25) is 0 Å². The molecule has 0 N–H and O–H groups in total. The van der Waals surface area contributed by atoms with E-state index in [0.717, 1.165) is 14.8 Å². The lowest BCUT2D eigenvalue weighted by Gasteiger charge is -2.14. The van der Waals surface area contributed by atoms with E-state index in [1.165, 1.54) is 0 Å². The number of hydrogen-bond acceptors (Lipinski definition) is 3. The van der Waals surface area contributed by atoms with Gasteiger partial charge in [-0.05, 0) is 44.0 Å². The monoisotopic (exact) mass is 309 g/mol. The van der Waals surface area contributed by atoms with E-state index in [-0.39, 0.29) is 6.29 Å². The molecule has 0 aliphatic carbocycles. The highest BCUT2D eigenvalue weighted by Crippen LogP contribution is 2.25. The summed E-state index contributed by atoms with van der Waals surface area (Å²) in [5.74, 6) is 0. The van der Waals surface area contributed by atoms with E-state index in [9.17, 15) is 0 Å². The number of methoxy groups -OCH3 is 2. The molecule has 0 aliphatic heterocycles. The number of aromatic nitrogens is 1. The lowest BCUT2D eigenvalue weighted by Crippen LogP contribution is -2.05. The van der Waals surface area contributed by atoms with Gasteiger partial charge in [-0.1, -0.05) is 0 Å². The fourth-order valence-corrected chi connectivity index (χ4v) is 2.01. The molecule has 0 aromatic carbocycles. The third-order valence-electron chi connectivity index (χ3n) is 1.53. The predicted octanol–water partition coefficient (Wildman–Crippen LogP) is 2.90. The van der Waals surface area contributed by atoms with E-state index in [1.54, 1.807) is 14.2 Å². The molecule has 0 saturated carbocycles. The maximum atomic E-state index is 5.10. The highest BCUT2D eigenvalue weighted by molar-refractivity contribution is 9.11. The average molecular weight is 311 g/mol. The van der Waals surface area contributed by atoms with Gasteiger partial charge in [0, 0.05) is 19.8 Å². The smallest absolute Gasteiger partial charge is 0.185 e. The molecular weight excluding hydrogens is 302 g/mol. The Morgan fingerprint density at radius 3 is 2.31 bits per heavy atom. The van der Waals surface area contributed by atoms with Crippen molar-refractivity contribution in [1.82, 2.24) is 4.98 Å². The van der Waals surface area contributed by atoms with Crippen LogP contribution in [0.2, 0.25) is 0 Å². The summed E-state index contributed by atoms with van der Waals surface area (Å²) in [5.41, 5.74) is 0.869. The van der Waals surface area contributed by atoms with E-state index in [4.69, 9.17) is 9.47 Å². The summed E-state index contributed by atoms with van der Waals surface area (Å²) < 4.78 is 11.7. The summed E-state index contributed by atoms with van der Waals surface area (Å²) in [7, 11) is 3.17. The predicted molar refractivity (Wildman–Crippen MR) is 56.4 cm³/mol. The van der Waals surface area contributed by atoms with Crippen LogP contribution in [0.3, 0.4) is 0 Å². The zero-order valence-electron chi connectivity index (χ0n) is 7.25. The Morgan fingerprint density at radius 1 is 1.23 bits per heavy atom. The van der Waals surface area contributed by atoms with Crippen molar-refractivity contribution >= 4 is 31.9 Å². The molecule has 3 nitrogen and oxygen atoms in total. The van der Waals surface area contributed by atoms with Crippen LogP contribution in [0.15, 0.2) is 21.3 Å². The van der Waals surface area contributed by atoms with Crippen LogP contribution in [0.25, 0.3) is 0 Å². The zero-order valence-corrected chi connectivity index (χ0v) is 10.4. The lowest BCUT2D eigenvalue weighted by atomic mass is 10.3. The van der Waals surface area contributed by atoms with Crippen molar-refractivity contribution in [2.24, 2.45) is 0 Å². The number of hydrogen-bond donors (Lipinski definition) is 0. The Hall–Kier alpha value is 0.0300. The molecule has 0 unspecified atom stereocenters. The largest absolute Gasteiger partial charge is 0.352 e. The normalized spacial score (nSPS) is 10.8. The molecule has 0 radical (unpaired) electrons. The minimum atomic E-state index is -0.380. The molecule has 1 heterocycles. The minimum absolute atomic E-state index is 0.380. The van der Waals surface area contributed by atoms with Gasteiger partial charge in [0.15, 0.2) is 6.29 Å². The molecule has 1 aromatic heterocycles. The van der Waals surface area contributed by atoms with Crippen LogP contribution >= 0.6 is 31.9 Å². The summed E-state index contributed by atoms with van der Waals surface area (Å²) in [6.07, 6.45) is -0.380. The van der Waals surface area contributed by atoms with Crippen LogP contribution < -0.4 is 0 Å². The Labute approximate surface area is 93.7 Å². The number of rotatable bonds is 3. The second-order valence-electron chi connectivity index (χ2n) is 2.32. The van der Waals surface area contributed by atoms with Gasteiger partial charge < -0.3 is 9.47 Å². The molecule has 0 aliphatic rings. The molecule has 0 fully saturated rings. The fraction of sp³-hybridized carbons (Fsp3) is 0.375. The highest BCUT2D eigenvalue weighted by Gasteiger charge is 2.13. The van der Waals surface area contributed by atoms with E-state index >= 15 is 0 Å². The summed E-state index contributed by atoms with van der Waals surface area (Å²) in [6.45, 7) is 0. The summed E-state index contributed by atoms with van der Waals surface area (Å²) >= 11 is 6.59. The van der Waals surface area contributed by atoms with E-state index < -0.39 is 0 Å². The molecule has 13 heavy (non-hydrogen) atoms. The Balaban J connectivity index is 2.99. The first-order valence-corrected chi connectivity index (χ1v) is 5.15. The van der Waals surface area contributed by atoms with E-state index in [1.807, 2.05) is 12.1 Å². The molecule has 1 aromatic rings. The van der Waals surface area contributed by atoms with Crippen molar-refractivity contribution in [3.8, 4) is 0 Å². The van der Waals surface area contributed by atoms with Crippen LogP contribution in [0.1, 0.15) is 11.9 Å². The topological polar surface area (TPSA) is 31.4 Å². The lowest BCUT2D eigenvalue weighted by molar-refractivity contribution is -0.106. The molecular formula is C8H9Br2NO2. The van der Waals surface area contributed by atoms with Crippen molar-refractivity contribution in [3.63, 3.8) is 0 Å². The molecule has 0 bridgehead atoms. The van der Waals surface area contributed by atoms with Crippen LogP contribution in [0.5, 0.6) is 0 Å². The van der Waals surface area contributed by atoms with Gasteiger partial charge in [-0.2, -0.15) is 0 Å². The first-order chi connectivity index (χ1) is 6.19. The Morgan fingerprint density at radius 2 is 1.85 bits per heavy atom. The molecule has 0 atom stereocenters. The van der Waals surface area contributed by atoms with Gasteiger partial charge in [0.05, 0.1) is 0 Å². The number of pyridine rings is 1. The summed E-state index contributed by atoms with van der Waals surface area (Å²) in [6, 6.07) is 3.73. The van der Waals surface area contributed by atoms with Gasteiger partial charge in [-0.3, -0.25) is 0 Å². The number of halogens is 2. The highest BCUT2D eigenvalue weighted by atomic mass is 79.9. The third-order valence-corrected chi connectivity index (χ3v) is 2.60. The molecule has 5 heteroatoms. The number of ether oxygens (including phenoxy) is 2. The van der Waals surface area contributed by atoms with E-state index in [0.29, 0.717) is 0 Å². The second kappa shape index (κ2) is 5.05. The zero-order chi connectivity index (χ0) is 9.84. The first-order valence-electron chi connectivity index (χ1n) is 3.56. The Bertz CT molecular complexity index is 289. The first kappa shape index (κ1) is 11.1. The van der Waals surface area contributed by atoms with Crippen molar-refractivity contribution in [2.45, 2.75) is 6.29 Å². The van der Waals surface area contributed by atoms with Gasteiger partial charge in [0.25, 0.3) is 0 Å². The Kier molecular flexibility index (Phi) is 4.31. The van der Waals surface area contributed by atoms with Gasteiger partial charge in [-0.25, -0.2) is 4.98 Å². The van der Waals surface area contributed by atoms with Crippen LogP contribution in [0.4, 0.5) is 0 Å². The van der Waals surface area contributed by atoms with Gasteiger partial charge in [-0.15, -0.1) is 0 Å². The summed E-state index contributed by atoms with van der Waals surface area (Å²) in [4.78, 5) is 4.16. The van der Waals surface area contributed by atoms with Crippen molar-refractivity contribution in [3.05, 3.63) is 26.9 Å². The maximum Gasteiger partial charge on any atom is 0.185 e. The number of nitrogens with zero attached hydrogens (tertiary/aromatic N) is 1.